The molecule has 0 aromatic heterocycles. The number of aliphatic hydroxyl groups excluding tert-OH is 1. The Bertz CT molecular complexity index is 274. The van der Waals surface area contributed by atoms with E-state index >= 15 is 0 Å². The van der Waals surface area contributed by atoms with Gasteiger partial charge in [0.25, 0.3) is 0 Å². The highest BCUT2D eigenvalue weighted by Crippen LogP contribution is 2.31. The lowest BCUT2D eigenvalue weighted by molar-refractivity contribution is 0.127. The van der Waals surface area contributed by atoms with Crippen molar-refractivity contribution in [3.8, 4) is 0 Å². The van der Waals surface area contributed by atoms with Gasteiger partial charge >= 0.3 is 0 Å². The van der Waals surface area contributed by atoms with Crippen molar-refractivity contribution >= 4 is 41.7 Å². The first-order chi connectivity index (χ1) is 9.26. The number of thioether (sulfide) groups is 1. The van der Waals surface area contributed by atoms with Crippen molar-refractivity contribution in [2.24, 2.45) is 10.4 Å². The van der Waals surface area contributed by atoms with Gasteiger partial charge in [-0.2, -0.15) is 11.8 Å². The molecule has 1 heterocycles. The second-order valence-electron chi connectivity index (χ2n) is 4.98. The van der Waals surface area contributed by atoms with E-state index < -0.39 is 0 Å². The maximum atomic E-state index is 9.18. The van der Waals surface area contributed by atoms with Crippen LogP contribution in [0.4, 0.5) is 0 Å². The molecule has 0 aromatic carbocycles. The van der Waals surface area contributed by atoms with Gasteiger partial charge in [-0.05, 0) is 31.3 Å². The van der Waals surface area contributed by atoms with Gasteiger partial charge in [0, 0.05) is 38.8 Å². The summed E-state index contributed by atoms with van der Waals surface area (Å²) in [5, 5.41) is 15.8. The molecule has 3 N–H and O–H groups in total. The van der Waals surface area contributed by atoms with Gasteiger partial charge in [-0.25, -0.2) is 0 Å². The molecule has 1 rings (SSSR count). The van der Waals surface area contributed by atoms with Gasteiger partial charge in [0.1, 0.15) is 0 Å². The second kappa shape index (κ2) is 11.9. The summed E-state index contributed by atoms with van der Waals surface area (Å²) in [4.78, 5) is 4.22. The topological polar surface area (TPSA) is 65.9 Å². The van der Waals surface area contributed by atoms with Crippen molar-refractivity contribution in [2.75, 3.05) is 52.0 Å². The molecule has 1 unspecified atom stereocenters. The zero-order valence-corrected chi connectivity index (χ0v) is 15.6. The summed E-state index contributed by atoms with van der Waals surface area (Å²) in [5.41, 5.74) is 0.0612. The summed E-state index contributed by atoms with van der Waals surface area (Å²) in [6.45, 7) is 3.47. The molecule has 0 aromatic rings. The highest BCUT2D eigenvalue weighted by atomic mass is 127. The number of ether oxygens (including phenoxy) is 1. The molecule has 120 valence electrons. The normalized spacial score (nSPS) is 22.4. The van der Waals surface area contributed by atoms with E-state index in [4.69, 9.17) is 4.74 Å². The number of aliphatic hydroxyl groups is 1. The monoisotopic (exact) mass is 417 g/mol. The fourth-order valence-electron chi connectivity index (χ4n) is 2.23. The Labute approximate surface area is 143 Å². The Kier molecular flexibility index (Phi) is 12.0. The zero-order chi connectivity index (χ0) is 14.0. The summed E-state index contributed by atoms with van der Waals surface area (Å²) >= 11 is 1.86. The first kappa shape index (κ1) is 20.3. The number of hydrogen-bond acceptors (Lipinski definition) is 4. The van der Waals surface area contributed by atoms with Crippen molar-refractivity contribution in [2.45, 2.75) is 19.3 Å². The largest absolute Gasteiger partial charge is 0.396 e. The fourth-order valence-corrected chi connectivity index (χ4v) is 2.66. The average Bonchev–Trinajstić information content (AvgIpc) is 2.87. The third kappa shape index (κ3) is 7.33. The molecule has 5 nitrogen and oxygen atoms in total. The Morgan fingerprint density at radius 1 is 1.45 bits per heavy atom. The molecule has 1 saturated heterocycles. The molecule has 0 bridgehead atoms. The molecule has 0 saturated carbocycles. The van der Waals surface area contributed by atoms with Gasteiger partial charge < -0.3 is 20.5 Å². The first-order valence-electron chi connectivity index (χ1n) is 6.88. The third-order valence-corrected chi connectivity index (χ3v) is 4.20. The van der Waals surface area contributed by atoms with E-state index in [0.717, 1.165) is 57.3 Å². The Morgan fingerprint density at radius 2 is 2.25 bits per heavy atom. The lowest BCUT2D eigenvalue weighted by Gasteiger charge is -2.27. The Balaban J connectivity index is 0.00000361. The predicted octanol–water partition coefficient (Wildman–Crippen LogP) is 1.31. The predicted molar refractivity (Wildman–Crippen MR) is 97.4 cm³/mol. The molecule has 0 radical (unpaired) electrons. The molecule has 1 atom stereocenters. The van der Waals surface area contributed by atoms with E-state index in [-0.39, 0.29) is 36.0 Å². The molecule has 1 aliphatic rings. The Hall–Kier alpha value is 0.270. The summed E-state index contributed by atoms with van der Waals surface area (Å²) in [7, 11) is 1.79. The minimum Gasteiger partial charge on any atom is -0.396 e. The van der Waals surface area contributed by atoms with Crippen LogP contribution in [0.5, 0.6) is 0 Å². The van der Waals surface area contributed by atoms with Crippen molar-refractivity contribution in [3.63, 3.8) is 0 Å². The molecule has 1 aliphatic heterocycles. The number of halogens is 1. The van der Waals surface area contributed by atoms with Crippen molar-refractivity contribution in [1.29, 1.82) is 0 Å². The van der Waals surface area contributed by atoms with Gasteiger partial charge in [0.2, 0.25) is 0 Å². The maximum Gasteiger partial charge on any atom is 0.190 e. The van der Waals surface area contributed by atoms with Crippen molar-refractivity contribution in [3.05, 3.63) is 0 Å². The second-order valence-corrected chi connectivity index (χ2v) is 5.96. The van der Waals surface area contributed by atoms with E-state index in [0.29, 0.717) is 0 Å². The quantitative estimate of drug-likeness (QED) is 0.241. The van der Waals surface area contributed by atoms with Gasteiger partial charge in [0.15, 0.2) is 5.96 Å². The van der Waals surface area contributed by atoms with E-state index in [2.05, 4.69) is 21.9 Å². The maximum absolute atomic E-state index is 9.18. The highest BCUT2D eigenvalue weighted by Gasteiger charge is 2.34. The van der Waals surface area contributed by atoms with Crippen LogP contribution in [0.15, 0.2) is 4.99 Å². The molecule has 1 fully saturated rings. The van der Waals surface area contributed by atoms with Gasteiger partial charge in [0.05, 0.1) is 6.61 Å². The molecule has 20 heavy (non-hydrogen) atoms. The lowest BCUT2D eigenvalue weighted by atomic mass is 9.84. The van der Waals surface area contributed by atoms with Crippen LogP contribution in [-0.2, 0) is 4.74 Å². The van der Waals surface area contributed by atoms with E-state index in [1.807, 2.05) is 11.8 Å². The van der Waals surface area contributed by atoms with Crippen LogP contribution in [0.3, 0.4) is 0 Å². The van der Waals surface area contributed by atoms with E-state index in [1.165, 1.54) is 0 Å². The number of nitrogens with zero attached hydrogens (tertiary/aromatic N) is 1. The summed E-state index contributed by atoms with van der Waals surface area (Å²) in [5.74, 6) is 2.00. The SMILES string of the molecule is CN=C(NCCCSC)NCC1(CCO)CCOC1.I. The molecule has 0 spiro atoms. The van der Waals surface area contributed by atoms with Gasteiger partial charge in [-0.3, -0.25) is 4.99 Å². The van der Waals surface area contributed by atoms with Crippen LogP contribution >= 0.6 is 35.7 Å². The number of nitrogens with one attached hydrogen (secondary N) is 2. The average molecular weight is 417 g/mol. The smallest absolute Gasteiger partial charge is 0.190 e. The van der Waals surface area contributed by atoms with Crippen LogP contribution in [-0.4, -0.2) is 63.0 Å². The molecule has 0 aliphatic carbocycles. The number of hydrogen-bond donors (Lipinski definition) is 3. The minimum atomic E-state index is 0. The summed E-state index contributed by atoms with van der Waals surface area (Å²) in [6.07, 6.45) is 5.03. The number of aliphatic imine (C=N–C) groups is 1. The van der Waals surface area contributed by atoms with Crippen LogP contribution in [0.2, 0.25) is 0 Å². The highest BCUT2D eigenvalue weighted by molar-refractivity contribution is 14.0. The van der Waals surface area contributed by atoms with Crippen LogP contribution < -0.4 is 10.6 Å². The van der Waals surface area contributed by atoms with Crippen LogP contribution in [0.25, 0.3) is 0 Å². The zero-order valence-electron chi connectivity index (χ0n) is 12.5. The lowest BCUT2D eigenvalue weighted by Crippen LogP contribution is -2.44. The van der Waals surface area contributed by atoms with Crippen molar-refractivity contribution < 1.29 is 9.84 Å². The summed E-state index contributed by atoms with van der Waals surface area (Å²) in [6, 6.07) is 0. The van der Waals surface area contributed by atoms with E-state index in [9.17, 15) is 5.11 Å². The first-order valence-corrected chi connectivity index (χ1v) is 8.28. The summed E-state index contributed by atoms with van der Waals surface area (Å²) < 4.78 is 5.48. The van der Waals surface area contributed by atoms with Crippen LogP contribution in [0.1, 0.15) is 19.3 Å². The molecule has 7 heteroatoms. The molecular weight excluding hydrogens is 389 g/mol. The number of rotatable bonds is 8. The molecule has 0 amide bonds. The van der Waals surface area contributed by atoms with Crippen LogP contribution in [0, 0.1) is 5.41 Å². The fraction of sp³-hybridized carbons (Fsp3) is 0.923. The molecular formula is C13H28IN3O2S. The standard InChI is InChI=1S/C13H27N3O2S.HI/c1-14-12(15-6-3-9-19-2)16-10-13(4-7-17)5-8-18-11-13;/h17H,3-11H2,1-2H3,(H2,14,15,16);1H. The van der Waals surface area contributed by atoms with Gasteiger partial charge in [-0.15, -0.1) is 24.0 Å². The minimum absolute atomic E-state index is 0. The third-order valence-electron chi connectivity index (χ3n) is 3.50. The van der Waals surface area contributed by atoms with Crippen molar-refractivity contribution in [1.82, 2.24) is 10.6 Å². The Morgan fingerprint density at radius 3 is 2.80 bits per heavy atom. The van der Waals surface area contributed by atoms with Gasteiger partial charge in [-0.1, -0.05) is 0 Å². The van der Waals surface area contributed by atoms with E-state index in [1.54, 1.807) is 7.05 Å². The number of guanidine groups is 1.